The van der Waals surface area contributed by atoms with Gasteiger partial charge >= 0.3 is 0 Å². The van der Waals surface area contributed by atoms with Gasteiger partial charge in [-0.15, -0.1) is 0 Å². The fourth-order valence-corrected chi connectivity index (χ4v) is 3.83. The van der Waals surface area contributed by atoms with Crippen molar-refractivity contribution in [3.05, 3.63) is 59.9 Å². The van der Waals surface area contributed by atoms with Crippen molar-refractivity contribution in [1.29, 1.82) is 0 Å². The molecule has 31 heavy (non-hydrogen) atoms. The van der Waals surface area contributed by atoms with E-state index in [-0.39, 0.29) is 11.7 Å². The summed E-state index contributed by atoms with van der Waals surface area (Å²) in [5, 5.41) is 3.03. The number of amides is 1. The molecule has 2 aromatic carbocycles. The Kier molecular flexibility index (Phi) is 8.67. The molecule has 1 saturated heterocycles. The van der Waals surface area contributed by atoms with Crippen LogP contribution >= 0.6 is 0 Å². The zero-order valence-electron chi connectivity index (χ0n) is 18.5. The summed E-state index contributed by atoms with van der Waals surface area (Å²) in [4.78, 5) is 18.9. The second-order valence-electron chi connectivity index (χ2n) is 7.97. The first-order valence-electron chi connectivity index (χ1n) is 10.8. The molecule has 2 aromatic rings. The number of para-hydroxylation sites is 1. The molecule has 6 nitrogen and oxygen atoms in total. The van der Waals surface area contributed by atoms with Crippen molar-refractivity contribution < 1.29 is 13.9 Å². The molecule has 3 rings (SSSR count). The van der Waals surface area contributed by atoms with Crippen molar-refractivity contribution in [2.24, 2.45) is 0 Å². The smallest absolute Gasteiger partial charge is 0.234 e. The number of carbonyl (C=O) groups is 1. The number of rotatable bonds is 10. The number of hydrogen-bond acceptors (Lipinski definition) is 5. The zero-order chi connectivity index (χ0) is 22.1. The largest absolute Gasteiger partial charge is 0.496 e. The fourth-order valence-electron chi connectivity index (χ4n) is 3.83. The molecular formula is C24H33FN4O2. The van der Waals surface area contributed by atoms with E-state index in [4.69, 9.17) is 4.74 Å². The molecule has 0 bridgehead atoms. The van der Waals surface area contributed by atoms with Crippen LogP contribution in [-0.2, 0) is 11.3 Å². The van der Waals surface area contributed by atoms with Crippen molar-refractivity contribution in [3.8, 4) is 5.75 Å². The van der Waals surface area contributed by atoms with E-state index in [0.29, 0.717) is 25.4 Å². The van der Waals surface area contributed by atoms with E-state index >= 15 is 0 Å². The van der Waals surface area contributed by atoms with Gasteiger partial charge in [0.25, 0.3) is 0 Å². The Bertz CT molecular complexity index is 826. The average molecular weight is 429 g/mol. The predicted molar refractivity (Wildman–Crippen MR) is 122 cm³/mol. The Morgan fingerprint density at radius 3 is 2.52 bits per heavy atom. The van der Waals surface area contributed by atoms with Gasteiger partial charge in [0, 0.05) is 64.1 Å². The van der Waals surface area contributed by atoms with E-state index in [1.165, 1.54) is 17.8 Å². The van der Waals surface area contributed by atoms with Gasteiger partial charge in [-0.3, -0.25) is 14.6 Å². The molecule has 0 radical (unpaired) electrons. The predicted octanol–water partition coefficient (Wildman–Crippen LogP) is 2.59. The van der Waals surface area contributed by atoms with Crippen LogP contribution in [0.3, 0.4) is 0 Å². The number of anilines is 1. The number of benzene rings is 2. The maximum absolute atomic E-state index is 13.6. The Hall–Kier alpha value is -2.64. The molecular weight excluding hydrogens is 395 g/mol. The summed E-state index contributed by atoms with van der Waals surface area (Å²) < 4.78 is 18.9. The lowest BCUT2D eigenvalue weighted by Crippen LogP contribution is -2.49. The lowest BCUT2D eigenvalue weighted by molar-refractivity contribution is -0.122. The molecule has 0 aliphatic carbocycles. The molecule has 0 unspecified atom stereocenters. The van der Waals surface area contributed by atoms with E-state index < -0.39 is 0 Å². The summed E-state index contributed by atoms with van der Waals surface area (Å²) in [6, 6.07) is 14.9. The number of halogens is 1. The minimum atomic E-state index is -0.249. The van der Waals surface area contributed by atoms with Gasteiger partial charge in [0.1, 0.15) is 11.6 Å². The summed E-state index contributed by atoms with van der Waals surface area (Å²) in [6.07, 6.45) is 0.903. The van der Waals surface area contributed by atoms with Crippen LogP contribution in [0.4, 0.5) is 10.1 Å². The number of hydrogen-bond donors (Lipinski definition) is 1. The van der Waals surface area contributed by atoms with Crippen LogP contribution in [0, 0.1) is 5.82 Å². The van der Waals surface area contributed by atoms with Crippen LogP contribution in [0.1, 0.15) is 12.0 Å². The molecule has 0 atom stereocenters. The highest BCUT2D eigenvalue weighted by molar-refractivity contribution is 5.78. The SMILES string of the molecule is COc1ccc(F)cc1CN1CCN(CC(=O)NCCCN(C)c2ccccc2)CC1. The maximum Gasteiger partial charge on any atom is 0.234 e. The van der Waals surface area contributed by atoms with E-state index in [9.17, 15) is 9.18 Å². The summed E-state index contributed by atoms with van der Waals surface area (Å²) in [5.74, 6) is 0.532. The average Bonchev–Trinajstić information content (AvgIpc) is 2.79. The molecule has 1 amide bonds. The Morgan fingerprint density at radius 1 is 1.10 bits per heavy atom. The lowest BCUT2D eigenvalue weighted by atomic mass is 10.1. The van der Waals surface area contributed by atoms with Crippen LogP contribution < -0.4 is 15.0 Å². The van der Waals surface area contributed by atoms with Gasteiger partial charge in [-0.2, -0.15) is 0 Å². The van der Waals surface area contributed by atoms with Gasteiger partial charge in [-0.1, -0.05) is 18.2 Å². The van der Waals surface area contributed by atoms with Gasteiger partial charge in [0.05, 0.1) is 13.7 Å². The first-order valence-corrected chi connectivity index (χ1v) is 10.8. The van der Waals surface area contributed by atoms with E-state index in [0.717, 1.165) is 44.7 Å². The first-order chi connectivity index (χ1) is 15.0. The monoisotopic (exact) mass is 428 g/mol. The highest BCUT2D eigenvalue weighted by atomic mass is 19.1. The van der Waals surface area contributed by atoms with Crippen molar-refractivity contribution in [2.45, 2.75) is 13.0 Å². The number of carbonyl (C=O) groups excluding carboxylic acids is 1. The molecule has 1 aliphatic heterocycles. The van der Waals surface area contributed by atoms with Crippen LogP contribution in [0.25, 0.3) is 0 Å². The maximum atomic E-state index is 13.6. The second kappa shape index (κ2) is 11.7. The van der Waals surface area contributed by atoms with E-state index in [1.54, 1.807) is 13.2 Å². The number of nitrogens with one attached hydrogen (secondary N) is 1. The van der Waals surface area contributed by atoms with E-state index in [1.807, 2.05) is 18.2 Å². The van der Waals surface area contributed by atoms with Gasteiger partial charge in [0.15, 0.2) is 0 Å². The number of piperazine rings is 1. The number of ether oxygens (including phenoxy) is 1. The third-order valence-corrected chi connectivity index (χ3v) is 5.66. The third-order valence-electron chi connectivity index (χ3n) is 5.66. The minimum absolute atomic E-state index is 0.0719. The van der Waals surface area contributed by atoms with E-state index in [2.05, 4.69) is 39.2 Å². The molecule has 0 saturated carbocycles. The summed E-state index contributed by atoms with van der Waals surface area (Å²) in [5.41, 5.74) is 2.04. The van der Waals surface area contributed by atoms with Gasteiger partial charge in [-0.05, 0) is 36.8 Å². The van der Waals surface area contributed by atoms with Gasteiger partial charge in [0.2, 0.25) is 5.91 Å². The van der Waals surface area contributed by atoms with Crippen molar-refractivity contribution >= 4 is 11.6 Å². The van der Waals surface area contributed by atoms with Crippen molar-refractivity contribution in [3.63, 3.8) is 0 Å². The summed E-state index contributed by atoms with van der Waals surface area (Å²) >= 11 is 0. The second-order valence-corrected chi connectivity index (χ2v) is 7.97. The molecule has 0 aromatic heterocycles. The molecule has 1 fully saturated rings. The minimum Gasteiger partial charge on any atom is -0.496 e. The summed E-state index contributed by atoms with van der Waals surface area (Å²) in [7, 11) is 3.67. The standard InChI is InChI=1S/C24H33FN4O2/c1-27(22-7-4-3-5-8-22)12-6-11-26-24(30)19-29-15-13-28(14-16-29)18-20-17-21(25)9-10-23(20)31-2/h3-5,7-10,17H,6,11-16,18-19H2,1-2H3,(H,26,30). The zero-order valence-corrected chi connectivity index (χ0v) is 18.5. The number of nitrogens with zero attached hydrogens (tertiary/aromatic N) is 3. The quantitative estimate of drug-likeness (QED) is 0.590. The van der Waals surface area contributed by atoms with Gasteiger partial charge < -0.3 is 15.0 Å². The van der Waals surface area contributed by atoms with Crippen LogP contribution in [0.2, 0.25) is 0 Å². The van der Waals surface area contributed by atoms with Crippen LogP contribution in [0.5, 0.6) is 5.75 Å². The van der Waals surface area contributed by atoms with Gasteiger partial charge in [-0.25, -0.2) is 4.39 Å². The third kappa shape index (κ3) is 7.22. The van der Waals surface area contributed by atoms with Crippen LogP contribution in [-0.4, -0.2) is 75.7 Å². The normalized spacial score (nSPS) is 14.9. The topological polar surface area (TPSA) is 48.1 Å². The Labute approximate surface area is 184 Å². The highest BCUT2D eigenvalue weighted by Gasteiger charge is 2.20. The molecule has 1 heterocycles. The Balaban J connectivity index is 1.32. The molecule has 1 N–H and O–H groups in total. The Morgan fingerprint density at radius 2 is 1.81 bits per heavy atom. The fraction of sp³-hybridized carbons (Fsp3) is 0.458. The molecule has 0 spiro atoms. The molecule has 7 heteroatoms. The molecule has 168 valence electrons. The molecule has 1 aliphatic rings. The summed E-state index contributed by atoms with van der Waals surface area (Å²) in [6.45, 7) is 5.97. The van der Waals surface area contributed by atoms with Crippen LogP contribution in [0.15, 0.2) is 48.5 Å². The van der Waals surface area contributed by atoms with Crippen molar-refractivity contribution in [1.82, 2.24) is 15.1 Å². The lowest BCUT2D eigenvalue weighted by Gasteiger charge is -2.34. The number of methoxy groups -OCH3 is 1. The first kappa shape index (κ1) is 23.0. The highest BCUT2D eigenvalue weighted by Crippen LogP contribution is 2.21. The van der Waals surface area contributed by atoms with Crippen molar-refractivity contribution in [2.75, 3.05) is 64.9 Å².